The molecule has 0 amide bonds. The lowest BCUT2D eigenvalue weighted by molar-refractivity contribution is 0.0110. The first-order valence-corrected chi connectivity index (χ1v) is 1.77. The molecule has 0 aliphatic rings. The van der Waals surface area contributed by atoms with E-state index in [1.54, 1.807) is 0 Å². The van der Waals surface area contributed by atoms with E-state index < -0.39 is 0 Å². The summed E-state index contributed by atoms with van der Waals surface area (Å²) in [6.45, 7) is 2.67. The second-order valence-corrected chi connectivity index (χ2v) is 0.671. The summed E-state index contributed by atoms with van der Waals surface area (Å²) in [5.74, 6) is 0. The zero-order valence-electron chi connectivity index (χ0n) is 4.55. The number of rotatable bonds is 1. The molecule has 9 heavy (non-hydrogen) atoms. The van der Waals surface area contributed by atoms with Crippen LogP contribution in [0.3, 0.4) is 0 Å². The lowest BCUT2D eigenvalue weighted by Crippen LogP contribution is -1.70. The average Bonchev–Trinajstić information content (AvgIpc) is 1.86. The Morgan fingerprint density at radius 1 is 1.33 bits per heavy atom. The molecule has 0 radical (unpaired) electrons. The third kappa shape index (κ3) is 67.7. The molecule has 0 spiro atoms. The van der Waals surface area contributed by atoms with Crippen molar-refractivity contribution in [2.45, 2.75) is 0 Å². The van der Waals surface area contributed by atoms with Crippen LogP contribution in [0.5, 0.6) is 0 Å². The van der Waals surface area contributed by atoms with Crippen molar-refractivity contribution in [2.24, 2.45) is 10.3 Å². The predicted molar refractivity (Wildman–Crippen MR) is 31.3 cm³/mol. The Kier molecular flexibility index (Phi) is 18.6. The van der Waals surface area contributed by atoms with Crippen molar-refractivity contribution < 1.29 is 15.2 Å². The van der Waals surface area contributed by atoms with Gasteiger partial charge in [0.1, 0.15) is 0 Å². The second-order valence-electron chi connectivity index (χ2n) is 0.671. The van der Waals surface area contributed by atoms with Crippen LogP contribution < -0.4 is 0 Å². The highest BCUT2D eigenvalue weighted by atomic mass is 16.4. The van der Waals surface area contributed by atoms with Gasteiger partial charge in [0.05, 0.1) is 12.4 Å². The smallest absolute Gasteiger partial charge is 0.245 e. The lowest BCUT2D eigenvalue weighted by atomic mass is 10.8. The topological polar surface area (TPSA) is 102 Å². The molecule has 0 saturated heterocycles. The molecule has 0 unspecified atom stereocenters. The van der Waals surface area contributed by atoms with Gasteiger partial charge in [-0.05, 0) is 0 Å². The first-order valence-electron chi connectivity index (χ1n) is 1.77. The summed E-state index contributed by atoms with van der Waals surface area (Å²) in [5, 5.41) is 20.1. The number of nitrogens with zero attached hydrogens (tertiary/aromatic N) is 4. The van der Waals surface area contributed by atoms with E-state index in [1.807, 2.05) is 0 Å². The average molecular weight is 130 g/mol. The molecule has 0 heterocycles. The van der Waals surface area contributed by atoms with Gasteiger partial charge in [0.2, 0.25) is 6.72 Å². The van der Waals surface area contributed by atoms with E-state index in [-0.39, 0.29) is 0 Å². The Labute approximate surface area is 51.3 Å². The third-order valence-corrected chi connectivity index (χ3v) is 0.200. The first-order chi connectivity index (χ1) is 4.33. The van der Waals surface area contributed by atoms with Gasteiger partial charge >= 0.3 is 0 Å². The monoisotopic (exact) mass is 130 g/mol. The summed E-state index contributed by atoms with van der Waals surface area (Å²) in [7, 11) is 0. The van der Waals surface area contributed by atoms with Crippen LogP contribution in [0.25, 0.3) is 5.53 Å². The number of hydrogen-bond donors (Lipinski definition) is 2. The van der Waals surface area contributed by atoms with E-state index in [0.29, 0.717) is 0 Å². The molecule has 0 bridgehead atoms. The molecule has 0 aliphatic heterocycles. The Balaban J connectivity index is 0. The summed E-state index contributed by atoms with van der Waals surface area (Å²) in [6.07, 6.45) is 1.89. The minimum atomic E-state index is 0.944. The molecule has 0 aromatic heterocycles. The standard InChI is InChI=1S/C2H4N2O2.CH2N2/c5-3-1-2-4-6;1-3-2/h1-2,5-6H;1H2. The predicted octanol–water partition coefficient (Wildman–Crippen LogP) is -0.177. The highest BCUT2D eigenvalue weighted by Crippen LogP contribution is 1.45. The van der Waals surface area contributed by atoms with Crippen molar-refractivity contribution in [3.05, 3.63) is 5.53 Å². The summed E-state index contributed by atoms with van der Waals surface area (Å²) in [6, 6.07) is 0. The molecule has 6 heteroatoms. The third-order valence-electron chi connectivity index (χ3n) is 0.200. The molecule has 0 rings (SSSR count). The Bertz CT molecular complexity index is 114. The highest BCUT2D eigenvalue weighted by molar-refractivity contribution is 6.15. The van der Waals surface area contributed by atoms with Gasteiger partial charge in [0, 0.05) is 0 Å². The van der Waals surface area contributed by atoms with Crippen molar-refractivity contribution in [1.82, 2.24) is 0 Å². The molecule has 0 fully saturated rings. The molecular weight excluding hydrogens is 124 g/mol. The van der Waals surface area contributed by atoms with Gasteiger partial charge in [0.15, 0.2) is 0 Å². The van der Waals surface area contributed by atoms with E-state index in [0.717, 1.165) is 12.4 Å². The van der Waals surface area contributed by atoms with Gasteiger partial charge in [0.25, 0.3) is 0 Å². The maximum atomic E-state index is 7.56. The molecule has 0 aromatic carbocycles. The molecule has 50 valence electrons. The maximum Gasteiger partial charge on any atom is 0.245 e. The molecule has 0 aliphatic carbocycles. The fraction of sp³-hybridized carbons (Fsp3) is 0. The zero-order chi connectivity index (χ0) is 7.54. The minimum absolute atomic E-state index is 0.944. The summed E-state index contributed by atoms with van der Waals surface area (Å²) in [5.41, 5.74) is 7.08. The van der Waals surface area contributed by atoms with Crippen molar-refractivity contribution in [2.75, 3.05) is 0 Å². The Morgan fingerprint density at radius 2 is 1.56 bits per heavy atom. The molecule has 0 aromatic rings. The normalized spacial score (nSPS) is 8.44. The van der Waals surface area contributed by atoms with Gasteiger partial charge in [-0.15, -0.1) is 0 Å². The largest absolute Gasteiger partial charge is 0.411 e. The van der Waals surface area contributed by atoms with Gasteiger partial charge in [-0.2, -0.15) is 4.79 Å². The number of hydrogen-bond acceptors (Lipinski definition) is 4. The van der Waals surface area contributed by atoms with Gasteiger partial charge in [-0.3, -0.25) is 0 Å². The fourth-order valence-corrected chi connectivity index (χ4v) is 0.0596. The van der Waals surface area contributed by atoms with Gasteiger partial charge in [-0.25, -0.2) is 0 Å². The van der Waals surface area contributed by atoms with E-state index in [2.05, 4.69) is 21.8 Å². The van der Waals surface area contributed by atoms with E-state index in [1.165, 1.54) is 0 Å². The van der Waals surface area contributed by atoms with E-state index in [9.17, 15) is 0 Å². The molecule has 0 atom stereocenters. The Morgan fingerprint density at radius 3 is 1.67 bits per heavy atom. The van der Waals surface area contributed by atoms with Crippen LogP contribution in [0.4, 0.5) is 0 Å². The second kappa shape index (κ2) is 16.2. The lowest BCUT2D eigenvalue weighted by Gasteiger charge is -1.62. The fourth-order valence-electron chi connectivity index (χ4n) is 0.0596. The molecular formula is C3H6N4O2. The van der Waals surface area contributed by atoms with Crippen molar-refractivity contribution >= 4 is 19.1 Å². The van der Waals surface area contributed by atoms with Crippen LogP contribution in [-0.4, -0.2) is 34.4 Å². The molecule has 0 saturated carbocycles. The van der Waals surface area contributed by atoms with Crippen molar-refractivity contribution in [3.63, 3.8) is 0 Å². The first kappa shape index (κ1) is 10.3. The van der Waals surface area contributed by atoms with Crippen LogP contribution in [-0.2, 0) is 0 Å². The van der Waals surface area contributed by atoms with Crippen LogP contribution in [0.15, 0.2) is 10.3 Å². The van der Waals surface area contributed by atoms with Crippen LogP contribution in [0.2, 0.25) is 0 Å². The minimum Gasteiger partial charge on any atom is -0.411 e. The SMILES string of the molecule is C=[N+]=[N-].ON=CC=NO. The Hall–Kier alpha value is -1.68. The van der Waals surface area contributed by atoms with Crippen molar-refractivity contribution in [1.29, 1.82) is 0 Å². The van der Waals surface area contributed by atoms with E-state index >= 15 is 0 Å². The number of oxime groups is 2. The summed E-state index contributed by atoms with van der Waals surface area (Å²) >= 11 is 0. The quantitative estimate of drug-likeness (QED) is 0.169. The summed E-state index contributed by atoms with van der Waals surface area (Å²) in [4.78, 5) is 2.25. The summed E-state index contributed by atoms with van der Waals surface area (Å²) < 4.78 is 0. The van der Waals surface area contributed by atoms with Crippen LogP contribution in [0.1, 0.15) is 0 Å². The van der Waals surface area contributed by atoms with Gasteiger partial charge < -0.3 is 15.9 Å². The van der Waals surface area contributed by atoms with Crippen LogP contribution >= 0.6 is 0 Å². The van der Waals surface area contributed by atoms with Gasteiger partial charge in [-0.1, -0.05) is 10.3 Å². The van der Waals surface area contributed by atoms with Crippen molar-refractivity contribution in [3.8, 4) is 0 Å². The molecule has 2 N–H and O–H groups in total. The zero-order valence-corrected chi connectivity index (χ0v) is 4.55. The highest BCUT2D eigenvalue weighted by Gasteiger charge is 1.54. The maximum absolute atomic E-state index is 7.56. The van der Waals surface area contributed by atoms with E-state index in [4.69, 9.17) is 15.9 Å². The molecule has 6 nitrogen and oxygen atoms in total. The van der Waals surface area contributed by atoms with Crippen LogP contribution in [0, 0.1) is 0 Å².